The van der Waals surface area contributed by atoms with Crippen LogP contribution in [-0.2, 0) is 12.8 Å². The van der Waals surface area contributed by atoms with E-state index in [1.165, 1.54) is 5.56 Å². The van der Waals surface area contributed by atoms with Crippen LogP contribution in [0.15, 0.2) is 24.3 Å². The van der Waals surface area contributed by atoms with Gasteiger partial charge in [-0.25, -0.2) is 9.97 Å². The fraction of sp³-hybridized carbons (Fsp3) is 0.286. The third kappa shape index (κ3) is 1.90. The van der Waals surface area contributed by atoms with Crippen LogP contribution in [0, 0.1) is 6.92 Å². The predicted molar refractivity (Wildman–Crippen MR) is 70.2 cm³/mol. The van der Waals surface area contributed by atoms with Crippen LogP contribution in [-0.4, -0.2) is 15.1 Å². The minimum Gasteiger partial charge on any atom is -0.506 e. The van der Waals surface area contributed by atoms with E-state index in [1.807, 2.05) is 19.1 Å². The molecular formula is C14H15N3O. The van der Waals surface area contributed by atoms with E-state index in [9.17, 15) is 5.11 Å². The summed E-state index contributed by atoms with van der Waals surface area (Å²) in [5, 5.41) is 13.0. The number of anilines is 2. The topological polar surface area (TPSA) is 58.0 Å². The standard InChI is InChI=1S/C14H15N3O/c1-9-15-11-7-4-5-10(11)14(16-9)17-12-6-2-3-8-13(12)18/h2-3,6,8,18H,4-5,7H2,1H3,(H,15,16,17). The van der Waals surface area contributed by atoms with Gasteiger partial charge >= 0.3 is 0 Å². The van der Waals surface area contributed by atoms with Gasteiger partial charge in [-0.2, -0.15) is 0 Å². The second-order valence-corrected chi connectivity index (χ2v) is 4.54. The van der Waals surface area contributed by atoms with Gasteiger partial charge in [0.05, 0.1) is 5.69 Å². The van der Waals surface area contributed by atoms with Gasteiger partial charge in [0.25, 0.3) is 0 Å². The number of phenols is 1. The number of hydrogen-bond donors (Lipinski definition) is 2. The van der Waals surface area contributed by atoms with Gasteiger partial charge < -0.3 is 10.4 Å². The van der Waals surface area contributed by atoms with Crippen molar-refractivity contribution in [3.8, 4) is 5.75 Å². The number of aromatic hydroxyl groups is 1. The summed E-state index contributed by atoms with van der Waals surface area (Å²) in [5.74, 6) is 1.84. The lowest BCUT2D eigenvalue weighted by atomic mass is 10.2. The first-order valence-corrected chi connectivity index (χ1v) is 6.15. The monoisotopic (exact) mass is 241 g/mol. The Morgan fingerprint density at radius 2 is 2.00 bits per heavy atom. The average molecular weight is 241 g/mol. The zero-order chi connectivity index (χ0) is 12.5. The van der Waals surface area contributed by atoms with Crippen LogP contribution < -0.4 is 5.32 Å². The molecule has 2 N–H and O–H groups in total. The predicted octanol–water partition coefficient (Wildman–Crippen LogP) is 2.72. The Morgan fingerprint density at radius 1 is 1.17 bits per heavy atom. The molecule has 18 heavy (non-hydrogen) atoms. The normalized spacial score (nSPS) is 13.4. The van der Waals surface area contributed by atoms with Crippen LogP contribution in [0.5, 0.6) is 5.75 Å². The van der Waals surface area contributed by atoms with Gasteiger partial charge in [0.15, 0.2) is 0 Å². The van der Waals surface area contributed by atoms with E-state index in [0.717, 1.165) is 36.6 Å². The van der Waals surface area contributed by atoms with Crippen molar-refractivity contribution in [1.29, 1.82) is 0 Å². The molecule has 0 aliphatic heterocycles. The van der Waals surface area contributed by atoms with Crippen molar-refractivity contribution in [2.45, 2.75) is 26.2 Å². The Morgan fingerprint density at radius 3 is 2.83 bits per heavy atom. The number of aryl methyl sites for hydroxylation is 2. The van der Waals surface area contributed by atoms with E-state index in [0.29, 0.717) is 5.69 Å². The van der Waals surface area contributed by atoms with Gasteiger partial charge in [0.2, 0.25) is 0 Å². The summed E-state index contributed by atoms with van der Waals surface area (Å²) in [6.07, 6.45) is 3.16. The highest BCUT2D eigenvalue weighted by Gasteiger charge is 2.18. The highest BCUT2D eigenvalue weighted by atomic mass is 16.3. The van der Waals surface area contributed by atoms with Gasteiger partial charge in [-0.3, -0.25) is 0 Å². The molecule has 1 aliphatic carbocycles. The lowest BCUT2D eigenvalue weighted by Gasteiger charge is -2.11. The summed E-state index contributed by atoms with van der Waals surface area (Å²) in [7, 11) is 0. The maximum atomic E-state index is 9.78. The molecule has 3 rings (SSSR count). The molecular weight excluding hydrogens is 226 g/mol. The van der Waals surface area contributed by atoms with Gasteiger partial charge in [0, 0.05) is 11.3 Å². The Kier molecular flexibility index (Phi) is 2.63. The second-order valence-electron chi connectivity index (χ2n) is 4.54. The molecule has 4 heteroatoms. The minimum atomic E-state index is 0.237. The zero-order valence-electron chi connectivity index (χ0n) is 10.3. The highest BCUT2D eigenvalue weighted by Crippen LogP contribution is 2.31. The molecule has 1 aromatic carbocycles. The first-order chi connectivity index (χ1) is 8.74. The number of phenolic OH excluding ortho intramolecular Hbond substituents is 1. The van der Waals surface area contributed by atoms with E-state index in [4.69, 9.17) is 0 Å². The maximum Gasteiger partial charge on any atom is 0.139 e. The number of rotatable bonds is 2. The summed E-state index contributed by atoms with van der Waals surface area (Å²) >= 11 is 0. The molecule has 0 atom stereocenters. The zero-order valence-corrected chi connectivity index (χ0v) is 10.3. The van der Waals surface area contributed by atoms with Crippen LogP contribution in [0.3, 0.4) is 0 Å². The van der Waals surface area contributed by atoms with Gasteiger partial charge in [-0.1, -0.05) is 12.1 Å². The molecule has 1 aromatic heterocycles. The molecule has 0 unspecified atom stereocenters. The fourth-order valence-corrected chi connectivity index (χ4v) is 2.37. The molecule has 0 fully saturated rings. The number of aromatic nitrogens is 2. The van der Waals surface area contributed by atoms with Crippen LogP contribution in [0.4, 0.5) is 11.5 Å². The Hall–Kier alpha value is -2.10. The average Bonchev–Trinajstić information content (AvgIpc) is 2.80. The number of para-hydroxylation sites is 2. The first kappa shape index (κ1) is 11.0. The van der Waals surface area contributed by atoms with Gasteiger partial charge in [0.1, 0.15) is 17.4 Å². The van der Waals surface area contributed by atoms with Crippen molar-refractivity contribution in [2.24, 2.45) is 0 Å². The molecule has 1 aliphatic rings. The van der Waals surface area contributed by atoms with Crippen molar-refractivity contribution < 1.29 is 5.11 Å². The summed E-state index contributed by atoms with van der Waals surface area (Å²) in [4.78, 5) is 8.91. The second kappa shape index (κ2) is 4.29. The van der Waals surface area contributed by atoms with Crippen LogP contribution >= 0.6 is 0 Å². The first-order valence-electron chi connectivity index (χ1n) is 6.15. The summed E-state index contributed by atoms with van der Waals surface area (Å²) in [6.45, 7) is 1.90. The lowest BCUT2D eigenvalue weighted by Crippen LogP contribution is -2.03. The number of nitrogens with one attached hydrogen (secondary N) is 1. The Balaban J connectivity index is 2.01. The summed E-state index contributed by atoms with van der Waals surface area (Å²) < 4.78 is 0. The largest absolute Gasteiger partial charge is 0.506 e. The van der Waals surface area contributed by atoms with Crippen molar-refractivity contribution in [2.75, 3.05) is 5.32 Å². The highest BCUT2D eigenvalue weighted by molar-refractivity contribution is 5.66. The molecule has 0 amide bonds. The molecule has 0 spiro atoms. The number of hydrogen-bond acceptors (Lipinski definition) is 4. The quantitative estimate of drug-likeness (QED) is 0.794. The molecule has 0 radical (unpaired) electrons. The van der Waals surface area contributed by atoms with Crippen molar-refractivity contribution in [3.05, 3.63) is 41.3 Å². The lowest BCUT2D eigenvalue weighted by molar-refractivity contribution is 0.477. The van der Waals surface area contributed by atoms with Gasteiger partial charge in [-0.05, 0) is 38.3 Å². The van der Waals surface area contributed by atoms with E-state index < -0.39 is 0 Å². The van der Waals surface area contributed by atoms with E-state index in [-0.39, 0.29) is 5.75 Å². The maximum absolute atomic E-state index is 9.78. The third-order valence-electron chi connectivity index (χ3n) is 3.20. The Bertz CT molecular complexity index is 596. The Labute approximate surface area is 106 Å². The molecule has 92 valence electrons. The molecule has 2 aromatic rings. The number of benzene rings is 1. The number of fused-ring (bicyclic) bond motifs is 1. The molecule has 4 nitrogen and oxygen atoms in total. The molecule has 1 heterocycles. The van der Waals surface area contributed by atoms with E-state index in [2.05, 4.69) is 15.3 Å². The smallest absolute Gasteiger partial charge is 0.139 e. The number of nitrogens with zero attached hydrogens (tertiary/aromatic N) is 2. The van der Waals surface area contributed by atoms with Crippen molar-refractivity contribution in [3.63, 3.8) is 0 Å². The van der Waals surface area contributed by atoms with Crippen molar-refractivity contribution in [1.82, 2.24) is 9.97 Å². The third-order valence-corrected chi connectivity index (χ3v) is 3.20. The van der Waals surface area contributed by atoms with Crippen LogP contribution in [0.2, 0.25) is 0 Å². The van der Waals surface area contributed by atoms with Crippen molar-refractivity contribution >= 4 is 11.5 Å². The van der Waals surface area contributed by atoms with E-state index >= 15 is 0 Å². The van der Waals surface area contributed by atoms with Gasteiger partial charge in [-0.15, -0.1) is 0 Å². The SMILES string of the molecule is Cc1nc2c(c(Nc3ccccc3O)n1)CCC2. The summed E-state index contributed by atoms with van der Waals surface area (Å²) in [6, 6.07) is 7.19. The molecule has 0 bridgehead atoms. The molecule has 0 saturated heterocycles. The molecule has 0 saturated carbocycles. The fourth-order valence-electron chi connectivity index (χ4n) is 2.37. The minimum absolute atomic E-state index is 0.237. The summed E-state index contributed by atoms with van der Waals surface area (Å²) in [5.41, 5.74) is 3.01. The van der Waals surface area contributed by atoms with E-state index in [1.54, 1.807) is 12.1 Å². The van der Waals surface area contributed by atoms with Crippen LogP contribution in [0.25, 0.3) is 0 Å². The van der Waals surface area contributed by atoms with Crippen LogP contribution in [0.1, 0.15) is 23.5 Å².